The zero-order valence-corrected chi connectivity index (χ0v) is 14.0. The van der Waals surface area contributed by atoms with E-state index < -0.39 is 5.82 Å². The average Bonchev–Trinajstić information content (AvgIpc) is 2.63. The maximum absolute atomic E-state index is 13.6. The molecule has 0 unspecified atom stereocenters. The SMILES string of the molecule is Cc1ccc(C2CCC(C(=O)Oc3ccc(C#N)c(F)c3)CC2)nc1. The van der Waals surface area contributed by atoms with Crippen LogP contribution in [0.25, 0.3) is 0 Å². The molecule has 0 amide bonds. The number of benzene rings is 1. The summed E-state index contributed by atoms with van der Waals surface area (Å²) in [5, 5.41) is 8.73. The first-order chi connectivity index (χ1) is 12.1. The number of carbonyl (C=O) groups is 1. The maximum Gasteiger partial charge on any atom is 0.314 e. The van der Waals surface area contributed by atoms with Gasteiger partial charge in [-0.2, -0.15) is 5.26 Å². The van der Waals surface area contributed by atoms with Gasteiger partial charge in [-0.05, 0) is 56.4 Å². The molecule has 2 aromatic rings. The summed E-state index contributed by atoms with van der Waals surface area (Å²) in [6.45, 7) is 2.01. The predicted octanol–water partition coefficient (Wildman–Crippen LogP) is 4.28. The Morgan fingerprint density at radius 2 is 2.00 bits per heavy atom. The van der Waals surface area contributed by atoms with Crippen molar-refractivity contribution in [2.75, 3.05) is 0 Å². The van der Waals surface area contributed by atoms with E-state index in [1.165, 1.54) is 12.1 Å². The lowest BCUT2D eigenvalue weighted by Crippen LogP contribution is -2.25. The molecule has 1 aliphatic rings. The molecule has 0 radical (unpaired) electrons. The topological polar surface area (TPSA) is 63.0 Å². The van der Waals surface area contributed by atoms with E-state index in [0.717, 1.165) is 43.0 Å². The van der Waals surface area contributed by atoms with Gasteiger partial charge in [0.25, 0.3) is 0 Å². The lowest BCUT2D eigenvalue weighted by Gasteiger charge is -2.26. The Balaban J connectivity index is 1.57. The molecule has 128 valence electrons. The van der Waals surface area contributed by atoms with Crippen LogP contribution < -0.4 is 4.74 Å². The fourth-order valence-corrected chi connectivity index (χ4v) is 3.20. The lowest BCUT2D eigenvalue weighted by molar-refractivity contribution is -0.140. The largest absolute Gasteiger partial charge is 0.426 e. The molecule has 1 heterocycles. The Hall–Kier alpha value is -2.74. The number of aromatic nitrogens is 1. The molecule has 0 N–H and O–H groups in total. The van der Waals surface area contributed by atoms with Crippen molar-refractivity contribution in [3.8, 4) is 11.8 Å². The highest BCUT2D eigenvalue weighted by Crippen LogP contribution is 2.35. The monoisotopic (exact) mass is 338 g/mol. The summed E-state index contributed by atoms with van der Waals surface area (Å²) in [6, 6.07) is 9.70. The van der Waals surface area contributed by atoms with E-state index in [0.29, 0.717) is 5.92 Å². The fraction of sp³-hybridized carbons (Fsp3) is 0.350. The van der Waals surface area contributed by atoms with Gasteiger partial charge in [0, 0.05) is 23.9 Å². The summed E-state index contributed by atoms with van der Waals surface area (Å²) in [5.74, 6) is -0.678. The molecule has 1 fully saturated rings. The van der Waals surface area contributed by atoms with Crippen LogP contribution in [-0.4, -0.2) is 11.0 Å². The van der Waals surface area contributed by atoms with Gasteiger partial charge in [0.1, 0.15) is 17.6 Å². The third-order valence-electron chi connectivity index (χ3n) is 4.69. The van der Waals surface area contributed by atoms with E-state index in [1.54, 1.807) is 6.07 Å². The first kappa shape index (κ1) is 17.1. The van der Waals surface area contributed by atoms with Crippen LogP contribution in [0, 0.1) is 30.0 Å². The fourth-order valence-electron chi connectivity index (χ4n) is 3.20. The highest BCUT2D eigenvalue weighted by molar-refractivity contribution is 5.75. The Labute approximate surface area is 146 Å². The summed E-state index contributed by atoms with van der Waals surface area (Å²) < 4.78 is 18.9. The number of hydrogen-bond acceptors (Lipinski definition) is 4. The number of esters is 1. The Bertz CT molecular complexity index is 803. The molecule has 0 saturated heterocycles. The van der Waals surface area contributed by atoms with Gasteiger partial charge in [-0.3, -0.25) is 9.78 Å². The van der Waals surface area contributed by atoms with Crippen LogP contribution >= 0.6 is 0 Å². The number of hydrogen-bond donors (Lipinski definition) is 0. The Morgan fingerprint density at radius 3 is 2.60 bits per heavy atom. The summed E-state index contributed by atoms with van der Waals surface area (Å²) in [6.07, 6.45) is 5.11. The van der Waals surface area contributed by atoms with Crippen molar-refractivity contribution in [2.45, 2.75) is 38.5 Å². The van der Waals surface area contributed by atoms with Gasteiger partial charge in [-0.1, -0.05) is 6.07 Å². The second-order valence-corrected chi connectivity index (χ2v) is 6.48. The van der Waals surface area contributed by atoms with Crippen molar-refractivity contribution >= 4 is 5.97 Å². The van der Waals surface area contributed by atoms with Gasteiger partial charge in [0.05, 0.1) is 11.5 Å². The number of aryl methyl sites for hydroxylation is 1. The van der Waals surface area contributed by atoms with Crippen LogP contribution in [0.2, 0.25) is 0 Å². The molecule has 0 spiro atoms. The van der Waals surface area contributed by atoms with Crippen molar-refractivity contribution in [3.05, 3.63) is 59.2 Å². The molecule has 0 atom stereocenters. The Morgan fingerprint density at radius 1 is 1.24 bits per heavy atom. The van der Waals surface area contributed by atoms with Crippen molar-refractivity contribution in [3.63, 3.8) is 0 Å². The van der Waals surface area contributed by atoms with Crippen LogP contribution in [0.3, 0.4) is 0 Å². The lowest BCUT2D eigenvalue weighted by atomic mass is 9.80. The third-order valence-corrected chi connectivity index (χ3v) is 4.69. The molecule has 4 nitrogen and oxygen atoms in total. The molecule has 0 aliphatic heterocycles. The number of halogens is 1. The number of nitrogens with zero attached hydrogens (tertiary/aromatic N) is 2. The summed E-state index contributed by atoms with van der Waals surface area (Å²) in [5.41, 5.74) is 2.15. The summed E-state index contributed by atoms with van der Waals surface area (Å²) in [7, 11) is 0. The van der Waals surface area contributed by atoms with Crippen LogP contribution in [0.4, 0.5) is 4.39 Å². The standard InChI is InChI=1S/C20H19FN2O2/c1-13-2-9-19(23-12-13)14-3-5-15(6-4-14)20(24)25-17-8-7-16(11-22)18(21)10-17/h2,7-10,12,14-15H,3-6H2,1H3. The van der Waals surface area contributed by atoms with Crippen LogP contribution in [0.15, 0.2) is 36.5 Å². The molecule has 1 aromatic carbocycles. The summed E-state index contributed by atoms with van der Waals surface area (Å²) in [4.78, 5) is 16.8. The highest BCUT2D eigenvalue weighted by atomic mass is 19.1. The van der Waals surface area contributed by atoms with Gasteiger partial charge in [0.2, 0.25) is 0 Å². The van der Waals surface area contributed by atoms with Crippen molar-refractivity contribution in [1.82, 2.24) is 4.98 Å². The number of ether oxygens (including phenoxy) is 1. The third kappa shape index (κ3) is 4.03. The van der Waals surface area contributed by atoms with Crippen LogP contribution in [-0.2, 0) is 4.79 Å². The molecular weight excluding hydrogens is 319 g/mol. The number of pyridine rings is 1. The molecule has 1 aliphatic carbocycles. The molecule has 1 saturated carbocycles. The van der Waals surface area contributed by atoms with Crippen LogP contribution in [0.1, 0.15) is 48.4 Å². The molecule has 0 bridgehead atoms. The molecule has 5 heteroatoms. The quantitative estimate of drug-likeness (QED) is 0.619. The van der Waals surface area contributed by atoms with Crippen LogP contribution in [0.5, 0.6) is 5.75 Å². The van der Waals surface area contributed by atoms with E-state index in [-0.39, 0.29) is 23.2 Å². The normalized spacial score (nSPS) is 19.9. The smallest absolute Gasteiger partial charge is 0.314 e. The van der Waals surface area contributed by atoms with Crippen molar-refractivity contribution in [2.24, 2.45) is 5.92 Å². The number of rotatable bonds is 3. The van der Waals surface area contributed by atoms with Crippen molar-refractivity contribution < 1.29 is 13.9 Å². The second kappa shape index (κ2) is 7.43. The van der Waals surface area contributed by atoms with E-state index in [2.05, 4.69) is 17.1 Å². The molecule has 25 heavy (non-hydrogen) atoms. The maximum atomic E-state index is 13.6. The number of nitriles is 1. The summed E-state index contributed by atoms with van der Waals surface area (Å²) >= 11 is 0. The van der Waals surface area contributed by atoms with E-state index in [9.17, 15) is 9.18 Å². The minimum absolute atomic E-state index is 0.0640. The zero-order chi connectivity index (χ0) is 17.8. The second-order valence-electron chi connectivity index (χ2n) is 6.48. The molecular formula is C20H19FN2O2. The van der Waals surface area contributed by atoms with Gasteiger partial charge < -0.3 is 4.74 Å². The average molecular weight is 338 g/mol. The molecule has 3 rings (SSSR count). The van der Waals surface area contributed by atoms with E-state index in [4.69, 9.17) is 10.00 Å². The van der Waals surface area contributed by atoms with Gasteiger partial charge >= 0.3 is 5.97 Å². The van der Waals surface area contributed by atoms with Gasteiger partial charge in [0.15, 0.2) is 0 Å². The first-order valence-corrected chi connectivity index (χ1v) is 8.40. The molecule has 1 aromatic heterocycles. The Kier molecular flexibility index (Phi) is 5.08. The first-order valence-electron chi connectivity index (χ1n) is 8.40. The highest BCUT2D eigenvalue weighted by Gasteiger charge is 2.29. The number of carbonyl (C=O) groups excluding carboxylic acids is 1. The minimum atomic E-state index is -0.679. The van der Waals surface area contributed by atoms with E-state index >= 15 is 0 Å². The van der Waals surface area contributed by atoms with Crippen molar-refractivity contribution in [1.29, 1.82) is 5.26 Å². The van der Waals surface area contributed by atoms with Gasteiger partial charge in [-0.25, -0.2) is 4.39 Å². The zero-order valence-electron chi connectivity index (χ0n) is 14.0. The van der Waals surface area contributed by atoms with E-state index in [1.807, 2.05) is 13.1 Å². The van der Waals surface area contributed by atoms with Gasteiger partial charge in [-0.15, -0.1) is 0 Å². The predicted molar refractivity (Wildman–Crippen MR) is 90.4 cm³/mol. The minimum Gasteiger partial charge on any atom is -0.426 e.